The molecule has 0 saturated heterocycles. The smallest absolute Gasteiger partial charge is 0.289 e. The number of anilines is 1. The molecule has 0 heterocycles. The Kier molecular flexibility index (Phi) is 2.09. The summed E-state index contributed by atoms with van der Waals surface area (Å²) in [7, 11) is 0. The number of hydrogen-bond donors (Lipinski definition) is 2. The Morgan fingerprint density at radius 1 is 1.08 bits per heavy atom. The molecule has 0 spiro atoms. The van der Waals surface area contributed by atoms with Crippen molar-refractivity contribution in [3.8, 4) is 0 Å². The summed E-state index contributed by atoms with van der Waals surface area (Å²) in [5.41, 5.74) is 11.0. The molecular weight excluding hydrogens is 156 g/mol. The van der Waals surface area contributed by atoms with E-state index in [0.29, 0.717) is 5.69 Å². The summed E-state index contributed by atoms with van der Waals surface area (Å²) in [6.45, 7) is 0. The van der Waals surface area contributed by atoms with Crippen LogP contribution in [0, 0.1) is 0 Å². The number of amides is 1. The van der Waals surface area contributed by atoms with Crippen molar-refractivity contribution in [1.82, 2.24) is 0 Å². The van der Waals surface area contributed by atoms with Gasteiger partial charge in [0.25, 0.3) is 5.91 Å². The Morgan fingerprint density at radius 3 is 2.00 bits per heavy atom. The van der Waals surface area contributed by atoms with Crippen LogP contribution in [0.3, 0.4) is 0 Å². The topological polar surface area (TPSA) is 86.2 Å². The predicted molar refractivity (Wildman–Crippen MR) is 44.4 cm³/mol. The second kappa shape index (κ2) is 3.04. The lowest BCUT2D eigenvalue weighted by atomic mass is 10.1. The van der Waals surface area contributed by atoms with Crippen LogP contribution in [-0.2, 0) is 4.79 Å². The monoisotopic (exact) mass is 164 g/mol. The number of nitrogens with two attached hydrogens (primary N) is 2. The van der Waals surface area contributed by atoms with E-state index >= 15 is 0 Å². The highest BCUT2D eigenvalue weighted by Gasteiger charge is 2.10. The van der Waals surface area contributed by atoms with Gasteiger partial charge in [-0.3, -0.25) is 9.59 Å². The van der Waals surface area contributed by atoms with Gasteiger partial charge in [0.05, 0.1) is 0 Å². The number of hydrogen-bond acceptors (Lipinski definition) is 3. The molecule has 0 radical (unpaired) electrons. The molecule has 0 aliphatic carbocycles. The molecule has 0 aliphatic rings. The fraction of sp³-hybridized carbons (Fsp3) is 0. The summed E-state index contributed by atoms with van der Waals surface area (Å²) < 4.78 is 0. The van der Waals surface area contributed by atoms with Gasteiger partial charge in [0, 0.05) is 11.3 Å². The minimum absolute atomic E-state index is 0.261. The molecule has 0 saturated carbocycles. The van der Waals surface area contributed by atoms with E-state index in [2.05, 4.69) is 0 Å². The maximum absolute atomic E-state index is 10.9. The first-order valence-electron chi connectivity index (χ1n) is 3.31. The maximum Gasteiger partial charge on any atom is 0.289 e. The number of rotatable bonds is 2. The predicted octanol–water partition coefficient (Wildman–Crippen LogP) is -0.0632. The highest BCUT2D eigenvalue weighted by molar-refractivity contribution is 6.42. The zero-order chi connectivity index (χ0) is 9.14. The van der Waals surface area contributed by atoms with Crippen molar-refractivity contribution in [2.45, 2.75) is 0 Å². The van der Waals surface area contributed by atoms with Crippen molar-refractivity contribution < 1.29 is 9.59 Å². The fourth-order valence-electron chi connectivity index (χ4n) is 0.777. The van der Waals surface area contributed by atoms with Crippen LogP contribution in [0.15, 0.2) is 24.3 Å². The summed E-state index contributed by atoms with van der Waals surface area (Å²) in [5, 5.41) is 0. The van der Waals surface area contributed by atoms with Crippen molar-refractivity contribution in [1.29, 1.82) is 0 Å². The zero-order valence-electron chi connectivity index (χ0n) is 6.28. The van der Waals surface area contributed by atoms with Crippen molar-refractivity contribution in [2.75, 3.05) is 5.73 Å². The highest BCUT2D eigenvalue weighted by Crippen LogP contribution is 2.05. The second-order valence-corrected chi connectivity index (χ2v) is 2.32. The van der Waals surface area contributed by atoms with Gasteiger partial charge in [0.1, 0.15) is 0 Å². The molecule has 0 bridgehead atoms. The molecule has 1 aromatic carbocycles. The molecule has 4 heteroatoms. The Morgan fingerprint density at radius 2 is 1.58 bits per heavy atom. The first kappa shape index (κ1) is 8.26. The second-order valence-electron chi connectivity index (χ2n) is 2.32. The van der Waals surface area contributed by atoms with Gasteiger partial charge >= 0.3 is 0 Å². The molecule has 12 heavy (non-hydrogen) atoms. The van der Waals surface area contributed by atoms with E-state index in [0.717, 1.165) is 0 Å². The van der Waals surface area contributed by atoms with Crippen molar-refractivity contribution in [3.05, 3.63) is 29.8 Å². The highest BCUT2D eigenvalue weighted by atomic mass is 16.2. The summed E-state index contributed by atoms with van der Waals surface area (Å²) >= 11 is 0. The maximum atomic E-state index is 10.9. The summed E-state index contributed by atoms with van der Waals surface area (Å²) in [5.74, 6) is -1.66. The molecule has 0 aliphatic heterocycles. The van der Waals surface area contributed by atoms with Gasteiger partial charge < -0.3 is 11.5 Å². The van der Waals surface area contributed by atoms with E-state index in [-0.39, 0.29) is 5.56 Å². The molecular formula is C8H8N2O2. The lowest BCUT2D eigenvalue weighted by molar-refractivity contribution is -0.114. The van der Waals surface area contributed by atoms with Crippen LogP contribution in [0.4, 0.5) is 5.69 Å². The van der Waals surface area contributed by atoms with E-state index in [1.54, 1.807) is 0 Å². The third kappa shape index (κ3) is 1.60. The number of carbonyl (C=O) groups excluding carboxylic acids is 2. The van der Waals surface area contributed by atoms with Crippen LogP contribution < -0.4 is 11.5 Å². The molecule has 0 aromatic heterocycles. The van der Waals surface area contributed by atoms with Gasteiger partial charge in [0.2, 0.25) is 5.78 Å². The molecule has 4 N–H and O–H groups in total. The third-order valence-corrected chi connectivity index (χ3v) is 1.40. The van der Waals surface area contributed by atoms with Crippen molar-refractivity contribution in [2.24, 2.45) is 5.73 Å². The molecule has 1 aromatic rings. The minimum Gasteiger partial charge on any atom is -0.399 e. The van der Waals surface area contributed by atoms with Crippen LogP contribution in [0.1, 0.15) is 10.4 Å². The summed E-state index contributed by atoms with van der Waals surface area (Å²) in [4.78, 5) is 21.4. The fourth-order valence-corrected chi connectivity index (χ4v) is 0.777. The number of Topliss-reactive ketones (excluding diaryl/α,β-unsaturated/α-hetero) is 1. The molecule has 62 valence electrons. The van der Waals surface area contributed by atoms with Gasteiger partial charge in [0.15, 0.2) is 0 Å². The molecule has 4 nitrogen and oxygen atoms in total. The van der Waals surface area contributed by atoms with Crippen LogP contribution >= 0.6 is 0 Å². The zero-order valence-corrected chi connectivity index (χ0v) is 6.28. The first-order valence-corrected chi connectivity index (χ1v) is 3.31. The standard InChI is InChI=1S/C8H8N2O2/c9-6-3-1-5(2-4-6)7(11)8(10)12/h1-4H,9H2,(H2,10,12). The molecule has 1 amide bonds. The van der Waals surface area contributed by atoms with Crippen LogP contribution in [-0.4, -0.2) is 11.7 Å². The minimum atomic E-state index is -0.959. The molecule has 0 fully saturated rings. The van der Waals surface area contributed by atoms with Crippen LogP contribution in [0.5, 0.6) is 0 Å². The lowest BCUT2D eigenvalue weighted by Gasteiger charge is -1.96. The van der Waals surface area contributed by atoms with E-state index in [4.69, 9.17) is 11.5 Å². The summed E-state index contributed by atoms with van der Waals surface area (Å²) in [6, 6.07) is 6.00. The Bertz CT molecular complexity index is 316. The molecule has 0 atom stereocenters. The first-order chi connectivity index (χ1) is 5.61. The quantitative estimate of drug-likeness (QED) is 0.364. The van der Waals surface area contributed by atoms with Crippen LogP contribution in [0.25, 0.3) is 0 Å². The van der Waals surface area contributed by atoms with E-state index in [9.17, 15) is 9.59 Å². The van der Waals surface area contributed by atoms with Gasteiger partial charge in [-0.05, 0) is 24.3 Å². The normalized spacial score (nSPS) is 9.33. The van der Waals surface area contributed by atoms with E-state index in [1.165, 1.54) is 24.3 Å². The lowest BCUT2D eigenvalue weighted by Crippen LogP contribution is -2.22. The number of ketones is 1. The van der Waals surface area contributed by atoms with E-state index in [1.807, 2.05) is 0 Å². The van der Waals surface area contributed by atoms with Crippen LogP contribution in [0.2, 0.25) is 0 Å². The molecule has 0 unspecified atom stereocenters. The third-order valence-electron chi connectivity index (χ3n) is 1.40. The Labute approximate surface area is 69.2 Å². The van der Waals surface area contributed by atoms with Gasteiger partial charge in [-0.2, -0.15) is 0 Å². The largest absolute Gasteiger partial charge is 0.399 e. The average molecular weight is 164 g/mol. The summed E-state index contributed by atoms with van der Waals surface area (Å²) in [6.07, 6.45) is 0. The van der Waals surface area contributed by atoms with Gasteiger partial charge in [-0.25, -0.2) is 0 Å². The molecule has 1 rings (SSSR count). The number of benzene rings is 1. The number of primary amides is 1. The average Bonchev–Trinajstić information content (AvgIpc) is 2.04. The SMILES string of the molecule is NC(=O)C(=O)c1ccc(N)cc1. The van der Waals surface area contributed by atoms with Crippen molar-refractivity contribution in [3.63, 3.8) is 0 Å². The van der Waals surface area contributed by atoms with Gasteiger partial charge in [-0.15, -0.1) is 0 Å². The Balaban J connectivity index is 2.98. The Hall–Kier alpha value is -1.84. The van der Waals surface area contributed by atoms with E-state index < -0.39 is 11.7 Å². The van der Waals surface area contributed by atoms with Crippen molar-refractivity contribution >= 4 is 17.4 Å². The number of carbonyl (C=O) groups is 2. The van der Waals surface area contributed by atoms with Gasteiger partial charge in [-0.1, -0.05) is 0 Å². The number of nitrogen functional groups attached to an aromatic ring is 1.